The van der Waals surface area contributed by atoms with Crippen molar-refractivity contribution in [1.82, 2.24) is 9.55 Å². The molecule has 0 saturated heterocycles. The van der Waals surface area contributed by atoms with E-state index in [1.165, 1.54) is 0 Å². The van der Waals surface area contributed by atoms with Gasteiger partial charge in [-0.3, -0.25) is 0 Å². The third-order valence-corrected chi connectivity index (χ3v) is 3.13. The van der Waals surface area contributed by atoms with E-state index in [0.717, 1.165) is 42.7 Å². The number of carboxylic acids is 1. The number of aromatic carboxylic acids is 1. The van der Waals surface area contributed by atoms with Crippen LogP contribution in [0, 0.1) is 0 Å². The molecule has 0 spiro atoms. The quantitative estimate of drug-likeness (QED) is 0.882. The molecule has 0 unspecified atom stereocenters. The van der Waals surface area contributed by atoms with Crippen LogP contribution < -0.4 is 0 Å². The molecule has 1 aromatic carbocycles. The first-order chi connectivity index (χ1) is 8.69. The van der Waals surface area contributed by atoms with Crippen molar-refractivity contribution in [3.05, 3.63) is 29.6 Å². The van der Waals surface area contributed by atoms with Crippen LogP contribution in [-0.2, 0) is 13.0 Å². The van der Waals surface area contributed by atoms with E-state index in [1.807, 2.05) is 13.0 Å². The predicted octanol–water partition coefficient (Wildman–Crippen LogP) is 3.10. The molecule has 4 heteroatoms. The normalized spacial score (nSPS) is 11.0. The van der Waals surface area contributed by atoms with Crippen LogP contribution in [0.3, 0.4) is 0 Å². The average Bonchev–Trinajstić information content (AvgIpc) is 2.73. The van der Waals surface area contributed by atoms with Crippen molar-refractivity contribution in [3.8, 4) is 0 Å². The maximum atomic E-state index is 11.3. The monoisotopic (exact) mass is 246 g/mol. The van der Waals surface area contributed by atoms with Crippen LogP contribution >= 0.6 is 0 Å². The zero-order chi connectivity index (χ0) is 13.1. The number of imidazole rings is 1. The van der Waals surface area contributed by atoms with Gasteiger partial charge in [-0.2, -0.15) is 0 Å². The Bertz CT molecular complexity index is 572. The molecule has 0 radical (unpaired) electrons. The number of carboxylic acid groups (broad SMARTS) is 1. The minimum atomic E-state index is -0.888. The van der Waals surface area contributed by atoms with Crippen molar-refractivity contribution in [3.63, 3.8) is 0 Å². The van der Waals surface area contributed by atoms with Gasteiger partial charge in [0.1, 0.15) is 5.82 Å². The molecule has 0 amide bonds. The Balaban J connectivity index is 2.66. The summed E-state index contributed by atoms with van der Waals surface area (Å²) >= 11 is 0. The zero-order valence-electron chi connectivity index (χ0n) is 10.8. The van der Waals surface area contributed by atoms with Crippen LogP contribution in [0.25, 0.3) is 11.0 Å². The largest absolute Gasteiger partial charge is 0.478 e. The molecule has 1 aromatic heterocycles. The highest BCUT2D eigenvalue weighted by atomic mass is 16.4. The molecule has 0 bridgehead atoms. The number of fused-ring (bicyclic) bond motifs is 1. The lowest BCUT2D eigenvalue weighted by Crippen LogP contribution is -2.06. The Labute approximate surface area is 106 Å². The number of hydrogen-bond donors (Lipinski definition) is 1. The van der Waals surface area contributed by atoms with Crippen LogP contribution in [0.4, 0.5) is 0 Å². The summed E-state index contributed by atoms with van der Waals surface area (Å²) in [6.07, 6.45) is 2.93. The highest BCUT2D eigenvalue weighted by Gasteiger charge is 2.16. The molecule has 0 saturated carbocycles. The molecule has 0 fully saturated rings. The summed E-state index contributed by atoms with van der Waals surface area (Å²) in [7, 11) is 0. The molecular formula is C14H18N2O2. The van der Waals surface area contributed by atoms with Gasteiger partial charge in [0.15, 0.2) is 0 Å². The zero-order valence-corrected chi connectivity index (χ0v) is 10.8. The number of unbranched alkanes of at least 4 members (excludes halogenated alkanes) is 1. The van der Waals surface area contributed by atoms with E-state index < -0.39 is 5.97 Å². The number of nitrogens with zero attached hydrogens (tertiary/aromatic N) is 2. The van der Waals surface area contributed by atoms with Gasteiger partial charge in [0.2, 0.25) is 0 Å². The molecule has 4 nitrogen and oxygen atoms in total. The van der Waals surface area contributed by atoms with Gasteiger partial charge in [0.25, 0.3) is 0 Å². The number of carbonyl (C=O) groups is 1. The fourth-order valence-electron chi connectivity index (χ4n) is 2.23. The number of aryl methyl sites for hydroxylation is 2. The van der Waals surface area contributed by atoms with E-state index >= 15 is 0 Å². The summed E-state index contributed by atoms with van der Waals surface area (Å²) < 4.78 is 2.06. The summed E-state index contributed by atoms with van der Waals surface area (Å²) in [6, 6.07) is 5.28. The lowest BCUT2D eigenvalue weighted by molar-refractivity contribution is 0.0698. The van der Waals surface area contributed by atoms with Crippen molar-refractivity contribution in [2.75, 3.05) is 0 Å². The van der Waals surface area contributed by atoms with Crippen molar-refractivity contribution >= 4 is 17.0 Å². The van der Waals surface area contributed by atoms with Crippen LogP contribution in [-0.4, -0.2) is 20.6 Å². The first-order valence-electron chi connectivity index (χ1n) is 6.40. The first-order valence-corrected chi connectivity index (χ1v) is 6.40. The molecule has 96 valence electrons. The second-order valence-electron chi connectivity index (χ2n) is 4.37. The van der Waals surface area contributed by atoms with Gasteiger partial charge >= 0.3 is 5.97 Å². The van der Waals surface area contributed by atoms with Gasteiger partial charge in [-0.1, -0.05) is 26.3 Å². The van der Waals surface area contributed by atoms with E-state index in [9.17, 15) is 9.90 Å². The fourth-order valence-corrected chi connectivity index (χ4v) is 2.23. The summed E-state index contributed by atoms with van der Waals surface area (Å²) in [5.41, 5.74) is 1.88. The summed E-state index contributed by atoms with van der Waals surface area (Å²) in [4.78, 5) is 15.8. The Hall–Kier alpha value is -1.84. The second-order valence-corrected chi connectivity index (χ2v) is 4.37. The van der Waals surface area contributed by atoms with Crippen molar-refractivity contribution in [2.45, 2.75) is 39.7 Å². The van der Waals surface area contributed by atoms with Crippen LogP contribution in [0.2, 0.25) is 0 Å². The number of hydrogen-bond acceptors (Lipinski definition) is 2. The highest BCUT2D eigenvalue weighted by Crippen LogP contribution is 2.22. The second kappa shape index (κ2) is 5.21. The van der Waals surface area contributed by atoms with Crippen LogP contribution in [0.15, 0.2) is 18.2 Å². The van der Waals surface area contributed by atoms with E-state index in [0.29, 0.717) is 5.56 Å². The minimum Gasteiger partial charge on any atom is -0.478 e. The maximum Gasteiger partial charge on any atom is 0.337 e. The standard InChI is InChI=1S/C14H18N2O2/c1-3-5-9-16-12(4-2)15-11-8-6-7-10(13(11)16)14(17)18/h6-8H,3-5,9H2,1-2H3,(H,17,18). The maximum absolute atomic E-state index is 11.3. The molecule has 0 aliphatic carbocycles. The third kappa shape index (κ3) is 2.10. The third-order valence-electron chi connectivity index (χ3n) is 3.13. The Morgan fingerprint density at radius 3 is 2.78 bits per heavy atom. The molecule has 0 aliphatic heterocycles. The summed E-state index contributed by atoms with van der Waals surface area (Å²) in [6.45, 7) is 5.01. The smallest absolute Gasteiger partial charge is 0.337 e. The van der Waals surface area contributed by atoms with Gasteiger partial charge in [-0.05, 0) is 18.6 Å². The molecule has 0 aliphatic rings. The lowest BCUT2D eigenvalue weighted by Gasteiger charge is -2.08. The lowest BCUT2D eigenvalue weighted by atomic mass is 10.2. The minimum absolute atomic E-state index is 0.343. The Morgan fingerprint density at radius 2 is 2.17 bits per heavy atom. The SMILES string of the molecule is CCCCn1c(CC)nc2cccc(C(=O)O)c21. The molecule has 1 N–H and O–H groups in total. The Kier molecular flexibility index (Phi) is 3.65. The fraction of sp³-hybridized carbons (Fsp3) is 0.429. The van der Waals surface area contributed by atoms with Crippen molar-refractivity contribution in [2.24, 2.45) is 0 Å². The first kappa shape index (κ1) is 12.6. The van der Waals surface area contributed by atoms with E-state index in [-0.39, 0.29) is 0 Å². The van der Waals surface area contributed by atoms with Crippen molar-refractivity contribution < 1.29 is 9.90 Å². The van der Waals surface area contributed by atoms with E-state index in [1.54, 1.807) is 12.1 Å². The Morgan fingerprint density at radius 1 is 1.39 bits per heavy atom. The van der Waals surface area contributed by atoms with Gasteiger partial charge in [-0.25, -0.2) is 9.78 Å². The molecule has 2 rings (SSSR count). The molecule has 2 aromatic rings. The number of rotatable bonds is 5. The molecule has 18 heavy (non-hydrogen) atoms. The van der Waals surface area contributed by atoms with Gasteiger partial charge < -0.3 is 9.67 Å². The highest BCUT2D eigenvalue weighted by molar-refractivity contribution is 6.01. The number of benzene rings is 1. The van der Waals surface area contributed by atoms with E-state index in [2.05, 4.69) is 16.5 Å². The number of aromatic nitrogens is 2. The van der Waals surface area contributed by atoms with Crippen LogP contribution in [0.1, 0.15) is 42.9 Å². The summed E-state index contributed by atoms with van der Waals surface area (Å²) in [5, 5.41) is 9.27. The number of para-hydroxylation sites is 1. The van der Waals surface area contributed by atoms with Crippen molar-refractivity contribution in [1.29, 1.82) is 0 Å². The van der Waals surface area contributed by atoms with E-state index in [4.69, 9.17) is 0 Å². The average molecular weight is 246 g/mol. The van der Waals surface area contributed by atoms with Crippen LogP contribution in [0.5, 0.6) is 0 Å². The molecular weight excluding hydrogens is 228 g/mol. The van der Waals surface area contributed by atoms with Gasteiger partial charge in [0.05, 0.1) is 16.6 Å². The molecule has 1 heterocycles. The van der Waals surface area contributed by atoms with Gasteiger partial charge in [-0.15, -0.1) is 0 Å². The topological polar surface area (TPSA) is 55.1 Å². The predicted molar refractivity (Wildman–Crippen MR) is 71.0 cm³/mol. The summed E-state index contributed by atoms with van der Waals surface area (Å²) in [5.74, 6) is 0.0769. The van der Waals surface area contributed by atoms with Gasteiger partial charge in [0, 0.05) is 13.0 Å². The molecule has 0 atom stereocenters.